The van der Waals surface area contributed by atoms with Gasteiger partial charge in [0, 0.05) is 42.9 Å². The molecule has 0 saturated heterocycles. The van der Waals surface area contributed by atoms with E-state index in [0.29, 0.717) is 42.2 Å². The Morgan fingerprint density at radius 3 is 2.48 bits per heavy atom. The fourth-order valence-corrected chi connectivity index (χ4v) is 7.63. The maximum Gasteiger partial charge on any atom is 0.338 e. The molecule has 0 amide bonds. The Balaban J connectivity index is 1.70. The van der Waals surface area contributed by atoms with Crippen LogP contribution in [-0.4, -0.2) is 81.3 Å². The van der Waals surface area contributed by atoms with E-state index < -0.39 is 56.8 Å². The van der Waals surface area contributed by atoms with Gasteiger partial charge in [0.15, 0.2) is 22.5 Å². The number of aliphatic imine (C=N–C) groups is 1. The summed E-state index contributed by atoms with van der Waals surface area (Å²) in [5.41, 5.74) is 0.620. The molecule has 240 valence electrons. The molecule has 1 aliphatic heterocycles. The van der Waals surface area contributed by atoms with E-state index in [1.54, 1.807) is 11.6 Å². The van der Waals surface area contributed by atoms with Gasteiger partial charge in [-0.1, -0.05) is 17.7 Å². The highest BCUT2D eigenvalue weighted by Gasteiger charge is 2.40. The van der Waals surface area contributed by atoms with Gasteiger partial charge < -0.3 is 19.5 Å². The van der Waals surface area contributed by atoms with Crippen molar-refractivity contribution in [1.29, 1.82) is 0 Å². The van der Waals surface area contributed by atoms with Crippen LogP contribution in [0.4, 0.5) is 8.78 Å². The molecule has 1 fully saturated rings. The molecule has 1 aromatic carbocycles. The number of methoxy groups -OCH3 is 2. The van der Waals surface area contributed by atoms with Gasteiger partial charge >= 0.3 is 11.9 Å². The molecule has 0 radical (unpaired) electrons. The zero-order chi connectivity index (χ0) is 32.2. The van der Waals surface area contributed by atoms with Gasteiger partial charge in [0.25, 0.3) is 0 Å². The summed E-state index contributed by atoms with van der Waals surface area (Å²) in [4.78, 5) is 33.9. The standard InChI is InChI=1S/C28H33ClF2N4O7S2/c1-15(36)42-18(14-40-2)13-35(44(4,38)39)17-7-5-16(6-8-17)24-21(28(37)41-3)25(19-9-10-20(30)23(31)22(19)29)34-26(33-24)27-32-11-12-43-27/h9-12,16-18,25H,5-8,13-14H2,1-4H3,(H,33,34)/t16-,17-,18-,25?/m0/s1. The summed E-state index contributed by atoms with van der Waals surface area (Å²) < 4.78 is 71.1. The number of esters is 2. The van der Waals surface area contributed by atoms with Crippen LogP contribution in [-0.2, 0) is 33.8 Å². The molecule has 0 bridgehead atoms. The number of nitrogens with one attached hydrogen (secondary N) is 1. The molecule has 44 heavy (non-hydrogen) atoms. The quantitative estimate of drug-likeness (QED) is 0.277. The number of hydrogen-bond acceptors (Lipinski definition) is 11. The highest BCUT2D eigenvalue weighted by molar-refractivity contribution is 7.88. The van der Waals surface area contributed by atoms with E-state index in [4.69, 9.17) is 25.8 Å². The number of amidine groups is 1. The van der Waals surface area contributed by atoms with E-state index in [9.17, 15) is 26.8 Å². The Hall–Kier alpha value is -2.98. The van der Waals surface area contributed by atoms with Crippen molar-refractivity contribution in [1.82, 2.24) is 14.6 Å². The van der Waals surface area contributed by atoms with E-state index in [1.165, 1.54) is 42.9 Å². The van der Waals surface area contributed by atoms with Gasteiger partial charge in [-0.3, -0.25) is 9.79 Å². The predicted molar refractivity (Wildman–Crippen MR) is 160 cm³/mol. The van der Waals surface area contributed by atoms with E-state index in [-0.39, 0.29) is 30.2 Å². The first-order valence-electron chi connectivity index (χ1n) is 13.7. The number of rotatable bonds is 11. The van der Waals surface area contributed by atoms with Gasteiger partial charge in [-0.15, -0.1) is 11.3 Å². The average Bonchev–Trinajstić information content (AvgIpc) is 3.52. The van der Waals surface area contributed by atoms with Gasteiger partial charge in [-0.05, 0) is 37.7 Å². The molecule has 1 saturated carbocycles. The molecule has 2 atom stereocenters. The van der Waals surface area contributed by atoms with Gasteiger partial charge in [0.2, 0.25) is 10.0 Å². The Kier molecular flexibility index (Phi) is 11.1. The van der Waals surface area contributed by atoms with Crippen LogP contribution < -0.4 is 5.32 Å². The molecule has 4 rings (SSSR count). The summed E-state index contributed by atoms with van der Waals surface area (Å²) in [5, 5.41) is 4.98. The van der Waals surface area contributed by atoms with E-state index in [0.717, 1.165) is 12.3 Å². The lowest BCUT2D eigenvalue weighted by Crippen LogP contribution is -2.48. The Morgan fingerprint density at radius 2 is 1.91 bits per heavy atom. The normalized spacial score (nSPS) is 21.5. The van der Waals surface area contributed by atoms with E-state index >= 15 is 0 Å². The molecule has 2 heterocycles. The lowest BCUT2D eigenvalue weighted by atomic mass is 9.80. The number of thiazole rings is 1. The zero-order valence-electron chi connectivity index (χ0n) is 24.5. The Morgan fingerprint density at radius 1 is 1.20 bits per heavy atom. The number of sulfonamides is 1. The minimum Gasteiger partial charge on any atom is -0.466 e. The molecule has 16 heteroatoms. The molecule has 1 N–H and O–H groups in total. The number of ether oxygens (including phenoxy) is 3. The summed E-state index contributed by atoms with van der Waals surface area (Å²) in [5.74, 6) is -3.66. The third-order valence-corrected chi connectivity index (χ3v) is 9.94. The first-order chi connectivity index (χ1) is 20.8. The minimum atomic E-state index is -3.70. The number of aromatic nitrogens is 1. The summed E-state index contributed by atoms with van der Waals surface area (Å²) in [6, 6.07) is 0.652. The van der Waals surface area contributed by atoms with Crippen LogP contribution in [0.25, 0.3) is 0 Å². The number of allylic oxidation sites excluding steroid dienone is 1. The zero-order valence-corrected chi connectivity index (χ0v) is 26.9. The SMILES string of the molecule is COC[C@H](CN([C@H]1CC[C@H](C2=C(C(=O)OC)C(c3ccc(F)c(F)c3Cl)N=C(c3nccs3)N2)CC1)S(C)(=O)=O)OC(C)=O. The van der Waals surface area contributed by atoms with Gasteiger partial charge in [0.05, 0.1) is 37.1 Å². The molecule has 2 aliphatic rings. The summed E-state index contributed by atoms with van der Waals surface area (Å²) in [6.07, 6.45) is 3.62. The number of carbonyl (C=O) groups is 2. The monoisotopic (exact) mass is 674 g/mol. The lowest BCUT2D eigenvalue weighted by Gasteiger charge is -2.39. The smallest absolute Gasteiger partial charge is 0.338 e. The van der Waals surface area contributed by atoms with Crippen LogP contribution >= 0.6 is 22.9 Å². The topological polar surface area (TPSA) is 136 Å². The van der Waals surface area contributed by atoms with Crippen LogP contribution in [0.2, 0.25) is 5.02 Å². The largest absolute Gasteiger partial charge is 0.466 e. The van der Waals surface area contributed by atoms with Gasteiger partial charge in [-0.2, -0.15) is 4.31 Å². The Labute approximate surface area is 263 Å². The van der Waals surface area contributed by atoms with Crippen LogP contribution in [0.1, 0.15) is 49.2 Å². The highest BCUT2D eigenvalue weighted by atomic mass is 35.5. The Bertz CT molecular complexity index is 1540. The van der Waals surface area contributed by atoms with Crippen molar-refractivity contribution >= 4 is 50.7 Å². The maximum atomic E-state index is 14.6. The van der Waals surface area contributed by atoms with Crippen LogP contribution in [0, 0.1) is 17.6 Å². The lowest BCUT2D eigenvalue weighted by molar-refractivity contribution is -0.149. The molecular formula is C28H33ClF2N4O7S2. The van der Waals surface area contributed by atoms with Crippen molar-refractivity contribution < 1.29 is 41.0 Å². The van der Waals surface area contributed by atoms with Crippen LogP contribution in [0.5, 0.6) is 0 Å². The maximum absolute atomic E-state index is 14.6. The molecule has 1 aliphatic carbocycles. The predicted octanol–water partition coefficient (Wildman–Crippen LogP) is 3.99. The minimum absolute atomic E-state index is 0.0209. The summed E-state index contributed by atoms with van der Waals surface area (Å²) >= 11 is 7.54. The summed E-state index contributed by atoms with van der Waals surface area (Å²) in [6.45, 7) is 1.19. The molecular weight excluding hydrogens is 642 g/mol. The molecule has 0 spiro atoms. The second-order valence-corrected chi connectivity index (χ2v) is 13.7. The number of carbonyl (C=O) groups excluding carboxylic acids is 2. The van der Waals surface area contributed by atoms with E-state index in [1.807, 2.05) is 0 Å². The van der Waals surface area contributed by atoms with Gasteiger partial charge in [0.1, 0.15) is 12.1 Å². The first kappa shape index (κ1) is 33.9. The average molecular weight is 675 g/mol. The fraction of sp³-hybridized carbons (Fsp3) is 0.500. The second kappa shape index (κ2) is 14.4. The molecule has 1 unspecified atom stereocenters. The van der Waals surface area contributed by atoms with Crippen molar-refractivity contribution in [3.05, 3.63) is 62.2 Å². The number of hydrogen-bond donors (Lipinski definition) is 1. The van der Waals surface area contributed by atoms with Crippen molar-refractivity contribution in [3.63, 3.8) is 0 Å². The fourth-order valence-electron chi connectivity index (χ4n) is 5.60. The molecule has 1 aromatic heterocycles. The third-order valence-electron chi connectivity index (χ3n) is 7.48. The molecule has 2 aromatic rings. The highest BCUT2D eigenvalue weighted by Crippen LogP contribution is 2.42. The third kappa shape index (κ3) is 7.62. The van der Waals surface area contributed by atoms with Crippen molar-refractivity contribution in [2.45, 2.75) is 50.8 Å². The van der Waals surface area contributed by atoms with Crippen molar-refractivity contribution in [3.8, 4) is 0 Å². The van der Waals surface area contributed by atoms with Crippen LogP contribution in [0.15, 0.2) is 40.0 Å². The molecule has 11 nitrogen and oxygen atoms in total. The van der Waals surface area contributed by atoms with Crippen LogP contribution in [0.3, 0.4) is 0 Å². The van der Waals surface area contributed by atoms with Crippen molar-refractivity contribution in [2.75, 3.05) is 33.6 Å². The number of benzene rings is 1. The van der Waals surface area contributed by atoms with Crippen molar-refractivity contribution in [2.24, 2.45) is 10.9 Å². The van der Waals surface area contributed by atoms with Gasteiger partial charge in [-0.25, -0.2) is 27.0 Å². The second-order valence-electron chi connectivity index (χ2n) is 10.5. The summed E-state index contributed by atoms with van der Waals surface area (Å²) in [7, 11) is -1.07. The number of nitrogens with zero attached hydrogens (tertiary/aromatic N) is 3. The number of halogens is 3. The van der Waals surface area contributed by atoms with E-state index in [2.05, 4.69) is 15.3 Å². The first-order valence-corrected chi connectivity index (χ1v) is 16.8.